The molecule has 3 rings (SSSR count). The Hall–Kier alpha value is -1.02. The maximum Gasteiger partial charge on any atom is 0.232 e. The van der Waals surface area contributed by atoms with Gasteiger partial charge in [0.1, 0.15) is 0 Å². The number of carbonyl (C=O) groups excluding carboxylic acids is 1. The van der Waals surface area contributed by atoms with Crippen molar-refractivity contribution in [2.24, 2.45) is 11.3 Å². The minimum atomic E-state index is -0.0241. The molecule has 102 valence electrons. The van der Waals surface area contributed by atoms with Gasteiger partial charge in [-0.05, 0) is 47.9 Å². The van der Waals surface area contributed by atoms with Crippen LogP contribution in [0.1, 0.15) is 51.0 Å². The van der Waals surface area contributed by atoms with E-state index < -0.39 is 0 Å². The summed E-state index contributed by atoms with van der Waals surface area (Å²) in [5.41, 5.74) is 2.27. The van der Waals surface area contributed by atoms with Gasteiger partial charge in [0, 0.05) is 10.7 Å². The Labute approximate surface area is 119 Å². The van der Waals surface area contributed by atoms with E-state index in [4.69, 9.17) is 11.6 Å². The largest absolute Gasteiger partial charge is 0.325 e. The van der Waals surface area contributed by atoms with Crippen molar-refractivity contribution in [1.29, 1.82) is 0 Å². The van der Waals surface area contributed by atoms with Gasteiger partial charge >= 0.3 is 0 Å². The minimum absolute atomic E-state index is 0.0241. The summed E-state index contributed by atoms with van der Waals surface area (Å²) in [6.07, 6.45) is 4.85. The summed E-state index contributed by atoms with van der Waals surface area (Å²) in [5, 5.41) is 3.73. The van der Waals surface area contributed by atoms with Crippen LogP contribution in [0.25, 0.3) is 0 Å². The van der Waals surface area contributed by atoms with Gasteiger partial charge in [-0.3, -0.25) is 4.79 Å². The number of halogens is 1. The zero-order valence-corrected chi connectivity index (χ0v) is 12.3. The molecule has 1 amide bonds. The Morgan fingerprint density at radius 2 is 2.11 bits per heavy atom. The van der Waals surface area contributed by atoms with E-state index in [2.05, 4.69) is 19.2 Å². The van der Waals surface area contributed by atoms with E-state index in [-0.39, 0.29) is 17.2 Å². The zero-order chi connectivity index (χ0) is 13.6. The number of rotatable bonds is 1. The average Bonchev–Trinajstić information content (AvgIpc) is 2.65. The zero-order valence-electron chi connectivity index (χ0n) is 11.5. The van der Waals surface area contributed by atoms with Crippen LogP contribution in [-0.4, -0.2) is 5.91 Å². The Bertz CT molecular complexity index is 523. The normalized spacial score (nSPS) is 28.9. The number of anilines is 1. The van der Waals surface area contributed by atoms with E-state index in [0.717, 1.165) is 17.7 Å². The first kappa shape index (κ1) is 13.0. The molecule has 0 radical (unpaired) electrons. The molecule has 2 aliphatic rings. The summed E-state index contributed by atoms with van der Waals surface area (Å²) in [6.45, 7) is 4.60. The molecule has 0 aromatic heterocycles. The van der Waals surface area contributed by atoms with Crippen molar-refractivity contribution in [2.75, 3.05) is 5.32 Å². The van der Waals surface area contributed by atoms with Crippen LogP contribution >= 0.6 is 11.6 Å². The molecule has 0 saturated heterocycles. The second-order valence-electron chi connectivity index (χ2n) is 6.54. The Kier molecular flexibility index (Phi) is 3.09. The number of amides is 1. The van der Waals surface area contributed by atoms with Crippen molar-refractivity contribution in [3.05, 3.63) is 28.8 Å². The predicted octanol–water partition coefficient (Wildman–Crippen LogP) is 4.59. The summed E-state index contributed by atoms with van der Waals surface area (Å²) >= 11 is 6.11. The van der Waals surface area contributed by atoms with E-state index >= 15 is 0 Å². The molecule has 19 heavy (non-hydrogen) atoms. The lowest BCUT2D eigenvalue weighted by molar-refractivity contribution is -0.119. The third-order valence-corrected chi connectivity index (χ3v) is 5.12. The van der Waals surface area contributed by atoms with E-state index in [1.807, 2.05) is 18.2 Å². The van der Waals surface area contributed by atoms with Crippen LogP contribution in [0.3, 0.4) is 0 Å². The third kappa shape index (κ3) is 2.16. The van der Waals surface area contributed by atoms with Gasteiger partial charge in [0.2, 0.25) is 5.91 Å². The molecule has 2 unspecified atom stereocenters. The molecule has 1 aromatic carbocycles. The molecule has 1 aliphatic carbocycles. The van der Waals surface area contributed by atoms with Gasteiger partial charge in [0.15, 0.2) is 0 Å². The van der Waals surface area contributed by atoms with Crippen LogP contribution in [0.4, 0.5) is 5.69 Å². The number of hydrogen-bond donors (Lipinski definition) is 1. The molecule has 1 saturated carbocycles. The van der Waals surface area contributed by atoms with Crippen LogP contribution in [0.2, 0.25) is 5.02 Å². The maximum absolute atomic E-state index is 12.4. The minimum Gasteiger partial charge on any atom is -0.325 e. The van der Waals surface area contributed by atoms with Crippen LogP contribution in [0, 0.1) is 11.3 Å². The SMILES string of the molecule is CC1(C)CCCCC1C1C(=O)Nc2ccc(Cl)cc21. The number of nitrogens with one attached hydrogen (secondary N) is 1. The van der Waals surface area contributed by atoms with Gasteiger partial charge in [0.25, 0.3) is 0 Å². The van der Waals surface area contributed by atoms with Gasteiger partial charge in [-0.25, -0.2) is 0 Å². The van der Waals surface area contributed by atoms with E-state index in [1.54, 1.807) is 0 Å². The van der Waals surface area contributed by atoms with Crippen LogP contribution in [0.5, 0.6) is 0 Å². The first-order valence-electron chi connectivity index (χ1n) is 7.09. The van der Waals surface area contributed by atoms with Crippen molar-refractivity contribution in [2.45, 2.75) is 45.4 Å². The highest BCUT2D eigenvalue weighted by Crippen LogP contribution is 2.51. The molecule has 0 bridgehead atoms. The van der Waals surface area contributed by atoms with E-state index in [0.29, 0.717) is 10.9 Å². The molecule has 1 heterocycles. The predicted molar refractivity (Wildman–Crippen MR) is 78.6 cm³/mol. The second-order valence-corrected chi connectivity index (χ2v) is 6.98. The summed E-state index contributed by atoms with van der Waals surface area (Å²) in [4.78, 5) is 12.4. The van der Waals surface area contributed by atoms with Crippen molar-refractivity contribution in [3.8, 4) is 0 Å². The lowest BCUT2D eigenvalue weighted by Gasteiger charge is -2.41. The Morgan fingerprint density at radius 3 is 2.84 bits per heavy atom. The van der Waals surface area contributed by atoms with Crippen molar-refractivity contribution >= 4 is 23.2 Å². The molecule has 0 spiro atoms. The molecular weight excluding hydrogens is 258 g/mol. The summed E-state index contributed by atoms with van der Waals surface area (Å²) < 4.78 is 0. The lowest BCUT2D eigenvalue weighted by Crippen LogP contribution is -2.35. The third-order valence-electron chi connectivity index (χ3n) is 4.88. The fraction of sp³-hybridized carbons (Fsp3) is 0.562. The average molecular weight is 278 g/mol. The molecule has 3 heteroatoms. The maximum atomic E-state index is 12.4. The second kappa shape index (κ2) is 4.52. The monoisotopic (exact) mass is 277 g/mol. The van der Waals surface area contributed by atoms with Crippen LogP contribution in [0.15, 0.2) is 18.2 Å². The summed E-state index contributed by atoms with van der Waals surface area (Å²) in [7, 11) is 0. The van der Waals surface area contributed by atoms with Gasteiger partial charge in [-0.1, -0.05) is 38.3 Å². The fourth-order valence-corrected chi connectivity index (χ4v) is 3.98. The lowest BCUT2D eigenvalue weighted by atomic mass is 9.63. The van der Waals surface area contributed by atoms with E-state index in [1.165, 1.54) is 19.3 Å². The smallest absolute Gasteiger partial charge is 0.232 e. The molecule has 1 aliphatic heterocycles. The van der Waals surface area contributed by atoms with Crippen LogP contribution < -0.4 is 5.32 Å². The van der Waals surface area contributed by atoms with Gasteiger partial charge in [-0.2, -0.15) is 0 Å². The number of carbonyl (C=O) groups is 1. The number of hydrogen-bond acceptors (Lipinski definition) is 1. The van der Waals surface area contributed by atoms with Gasteiger partial charge in [0.05, 0.1) is 5.92 Å². The molecule has 1 N–H and O–H groups in total. The van der Waals surface area contributed by atoms with Crippen molar-refractivity contribution in [1.82, 2.24) is 0 Å². The first-order chi connectivity index (χ1) is 8.99. The Morgan fingerprint density at radius 1 is 1.32 bits per heavy atom. The van der Waals surface area contributed by atoms with Crippen molar-refractivity contribution < 1.29 is 4.79 Å². The molecule has 2 nitrogen and oxygen atoms in total. The van der Waals surface area contributed by atoms with Gasteiger partial charge < -0.3 is 5.32 Å². The summed E-state index contributed by atoms with van der Waals surface area (Å²) in [5.74, 6) is 0.544. The van der Waals surface area contributed by atoms with E-state index in [9.17, 15) is 4.79 Å². The number of fused-ring (bicyclic) bond motifs is 1. The standard InChI is InChI=1S/C16H20ClNO/c1-16(2)8-4-3-5-12(16)14-11-9-10(17)6-7-13(11)18-15(14)19/h6-7,9,12,14H,3-5,8H2,1-2H3,(H,18,19). The topological polar surface area (TPSA) is 29.1 Å². The van der Waals surface area contributed by atoms with Crippen LogP contribution in [-0.2, 0) is 4.79 Å². The highest BCUT2D eigenvalue weighted by molar-refractivity contribution is 6.31. The first-order valence-corrected chi connectivity index (χ1v) is 7.47. The number of benzene rings is 1. The quantitative estimate of drug-likeness (QED) is 0.799. The highest BCUT2D eigenvalue weighted by atomic mass is 35.5. The molecule has 1 fully saturated rings. The Balaban J connectivity index is 2.01. The molecular formula is C16H20ClNO. The molecule has 1 aromatic rings. The fourth-order valence-electron chi connectivity index (χ4n) is 3.79. The summed E-state index contributed by atoms with van der Waals surface area (Å²) in [6, 6.07) is 5.73. The molecule has 2 atom stereocenters. The highest BCUT2D eigenvalue weighted by Gasteiger charge is 2.44. The van der Waals surface area contributed by atoms with Crippen molar-refractivity contribution in [3.63, 3.8) is 0 Å². The van der Waals surface area contributed by atoms with Gasteiger partial charge in [-0.15, -0.1) is 0 Å².